The molecule has 2 heterocycles. The average molecular weight is 301 g/mol. The lowest BCUT2D eigenvalue weighted by Gasteiger charge is -2.15. The molecule has 3 rings (SSSR count). The molecule has 118 valence electrons. The molecule has 1 fully saturated rings. The summed E-state index contributed by atoms with van der Waals surface area (Å²) in [5.41, 5.74) is 3.13. The fourth-order valence-electron chi connectivity index (χ4n) is 3.24. The first-order valence-corrected chi connectivity index (χ1v) is 8.12. The molecule has 1 aliphatic rings. The predicted molar refractivity (Wildman–Crippen MR) is 86.1 cm³/mol. The van der Waals surface area contributed by atoms with Crippen LogP contribution in [0.5, 0.6) is 0 Å². The maximum absolute atomic E-state index is 13.6. The third-order valence-corrected chi connectivity index (χ3v) is 4.55. The smallest absolute Gasteiger partial charge is 0.126 e. The Labute approximate surface area is 131 Å². The van der Waals surface area contributed by atoms with Crippen molar-refractivity contribution in [1.29, 1.82) is 0 Å². The van der Waals surface area contributed by atoms with Gasteiger partial charge >= 0.3 is 0 Å². The Morgan fingerprint density at radius 2 is 2.18 bits per heavy atom. The highest BCUT2D eigenvalue weighted by Crippen LogP contribution is 2.23. The van der Waals surface area contributed by atoms with E-state index in [0.717, 1.165) is 43.7 Å². The monoisotopic (exact) mass is 301 g/mol. The van der Waals surface area contributed by atoms with Crippen LogP contribution in [0.1, 0.15) is 30.0 Å². The van der Waals surface area contributed by atoms with Gasteiger partial charge in [0.2, 0.25) is 0 Å². The fourth-order valence-corrected chi connectivity index (χ4v) is 3.24. The molecule has 22 heavy (non-hydrogen) atoms. The molecule has 0 radical (unpaired) electrons. The molecule has 1 aromatic carbocycles. The van der Waals surface area contributed by atoms with Crippen LogP contribution in [0.2, 0.25) is 0 Å². The van der Waals surface area contributed by atoms with Crippen LogP contribution in [0.25, 0.3) is 0 Å². The Hall–Kier alpha value is -1.68. The zero-order chi connectivity index (χ0) is 15.5. The SMILES string of the molecule is CCn1cc(CN2CCC(Cc3ccc(C)c(F)c3)C2)cn1. The second-order valence-electron chi connectivity index (χ2n) is 6.38. The summed E-state index contributed by atoms with van der Waals surface area (Å²) in [7, 11) is 0. The molecule has 1 atom stereocenters. The second-order valence-corrected chi connectivity index (χ2v) is 6.38. The Balaban J connectivity index is 1.54. The van der Waals surface area contributed by atoms with Gasteiger partial charge in [-0.1, -0.05) is 12.1 Å². The molecule has 4 heteroatoms. The third-order valence-electron chi connectivity index (χ3n) is 4.55. The molecule has 1 unspecified atom stereocenters. The molecule has 1 saturated heterocycles. The molecule has 3 nitrogen and oxygen atoms in total. The van der Waals surface area contributed by atoms with E-state index in [0.29, 0.717) is 5.92 Å². The molecule has 2 aromatic rings. The van der Waals surface area contributed by atoms with Crippen LogP contribution < -0.4 is 0 Å². The van der Waals surface area contributed by atoms with Crippen LogP contribution >= 0.6 is 0 Å². The van der Waals surface area contributed by atoms with Crippen molar-refractivity contribution < 1.29 is 4.39 Å². The molecular formula is C18H24FN3. The molecule has 0 N–H and O–H groups in total. The topological polar surface area (TPSA) is 21.1 Å². The van der Waals surface area contributed by atoms with Crippen molar-refractivity contribution in [1.82, 2.24) is 14.7 Å². The summed E-state index contributed by atoms with van der Waals surface area (Å²) in [5.74, 6) is 0.544. The van der Waals surface area contributed by atoms with Crippen LogP contribution in [-0.2, 0) is 19.5 Å². The molecule has 0 aliphatic carbocycles. The predicted octanol–water partition coefficient (Wildman–Crippen LogP) is 3.42. The molecule has 1 aliphatic heterocycles. The minimum Gasteiger partial charge on any atom is -0.299 e. The van der Waals surface area contributed by atoms with Crippen LogP contribution in [-0.4, -0.2) is 27.8 Å². The van der Waals surface area contributed by atoms with E-state index in [-0.39, 0.29) is 5.82 Å². The molecular weight excluding hydrogens is 277 g/mol. The van der Waals surface area contributed by atoms with Crippen LogP contribution in [0.4, 0.5) is 4.39 Å². The first-order valence-electron chi connectivity index (χ1n) is 8.12. The van der Waals surface area contributed by atoms with Gasteiger partial charge in [-0.2, -0.15) is 5.10 Å². The van der Waals surface area contributed by atoms with Gasteiger partial charge in [0.25, 0.3) is 0 Å². The first-order chi connectivity index (χ1) is 10.6. The van der Waals surface area contributed by atoms with Gasteiger partial charge in [-0.3, -0.25) is 9.58 Å². The van der Waals surface area contributed by atoms with Crippen LogP contribution in [0.15, 0.2) is 30.6 Å². The standard InChI is InChI=1S/C18H24FN3/c1-3-22-13-17(10-20-22)12-21-7-6-16(11-21)8-15-5-4-14(2)18(19)9-15/h4-5,9-10,13,16H,3,6-8,11-12H2,1-2H3. The highest BCUT2D eigenvalue weighted by molar-refractivity contribution is 5.23. The highest BCUT2D eigenvalue weighted by Gasteiger charge is 2.23. The molecule has 0 bridgehead atoms. The fraction of sp³-hybridized carbons (Fsp3) is 0.500. The van der Waals surface area contributed by atoms with E-state index in [2.05, 4.69) is 29.2 Å². The van der Waals surface area contributed by atoms with Gasteiger partial charge in [0.15, 0.2) is 0 Å². The minimum absolute atomic E-state index is 0.0840. The third kappa shape index (κ3) is 3.55. The molecule has 0 spiro atoms. The van der Waals surface area contributed by atoms with Gasteiger partial charge in [0.05, 0.1) is 6.20 Å². The van der Waals surface area contributed by atoms with Crippen molar-refractivity contribution >= 4 is 0 Å². The van der Waals surface area contributed by atoms with Gasteiger partial charge < -0.3 is 0 Å². The van der Waals surface area contributed by atoms with Crippen LogP contribution in [0, 0.1) is 18.7 Å². The molecule has 0 saturated carbocycles. The summed E-state index contributed by atoms with van der Waals surface area (Å²) in [5, 5.41) is 4.33. The number of aryl methyl sites for hydroxylation is 2. The lowest BCUT2D eigenvalue weighted by molar-refractivity contribution is 0.316. The summed E-state index contributed by atoms with van der Waals surface area (Å²) in [6.07, 6.45) is 6.26. The lowest BCUT2D eigenvalue weighted by Crippen LogP contribution is -2.20. The van der Waals surface area contributed by atoms with Crippen molar-refractivity contribution in [3.05, 3.63) is 53.1 Å². The van der Waals surface area contributed by atoms with E-state index in [4.69, 9.17) is 0 Å². The number of hydrogen-bond donors (Lipinski definition) is 0. The van der Waals surface area contributed by atoms with Crippen molar-refractivity contribution in [3.8, 4) is 0 Å². The zero-order valence-electron chi connectivity index (χ0n) is 13.4. The van der Waals surface area contributed by atoms with Crippen molar-refractivity contribution in [3.63, 3.8) is 0 Å². The van der Waals surface area contributed by atoms with Crippen LogP contribution in [0.3, 0.4) is 0 Å². The second kappa shape index (κ2) is 6.61. The quantitative estimate of drug-likeness (QED) is 0.844. The zero-order valence-corrected chi connectivity index (χ0v) is 13.4. The normalized spacial score (nSPS) is 19.0. The summed E-state index contributed by atoms with van der Waals surface area (Å²) < 4.78 is 15.6. The van der Waals surface area contributed by atoms with E-state index >= 15 is 0 Å². The summed E-state index contributed by atoms with van der Waals surface area (Å²) in [6.45, 7) is 8.01. The largest absolute Gasteiger partial charge is 0.299 e. The minimum atomic E-state index is -0.0840. The number of likely N-dealkylation sites (tertiary alicyclic amines) is 1. The highest BCUT2D eigenvalue weighted by atomic mass is 19.1. The van der Waals surface area contributed by atoms with E-state index in [1.54, 1.807) is 6.07 Å². The van der Waals surface area contributed by atoms with Gasteiger partial charge in [-0.05, 0) is 56.3 Å². The molecule has 1 aromatic heterocycles. The number of hydrogen-bond acceptors (Lipinski definition) is 2. The maximum Gasteiger partial charge on any atom is 0.126 e. The number of rotatable bonds is 5. The summed E-state index contributed by atoms with van der Waals surface area (Å²) in [4.78, 5) is 2.48. The van der Waals surface area contributed by atoms with E-state index in [1.165, 1.54) is 12.0 Å². The van der Waals surface area contributed by atoms with E-state index in [9.17, 15) is 4.39 Å². The van der Waals surface area contributed by atoms with Gasteiger partial charge in [-0.25, -0.2) is 4.39 Å². The Bertz CT molecular complexity index is 635. The number of benzene rings is 1. The van der Waals surface area contributed by atoms with Crippen molar-refractivity contribution in [2.45, 2.75) is 39.8 Å². The number of halogens is 1. The summed E-state index contributed by atoms with van der Waals surface area (Å²) >= 11 is 0. The van der Waals surface area contributed by atoms with Gasteiger partial charge in [0, 0.05) is 31.4 Å². The van der Waals surface area contributed by atoms with E-state index in [1.807, 2.05) is 23.9 Å². The Morgan fingerprint density at radius 3 is 2.91 bits per heavy atom. The van der Waals surface area contributed by atoms with Crippen molar-refractivity contribution in [2.75, 3.05) is 13.1 Å². The van der Waals surface area contributed by atoms with Gasteiger partial charge in [-0.15, -0.1) is 0 Å². The lowest BCUT2D eigenvalue weighted by atomic mass is 9.98. The molecule has 0 amide bonds. The number of aromatic nitrogens is 2. The maximum atomic E-state index is 13.6. The number of nitrogens with zero attached hydrogens (tertiary/aromatic N) is 3. The Morgan fingerprint density at radius 1 is 1.32 bits per heavy atom. The average Bonchev–Trinajstić information content (AvgIpc) is 3.13. The Kier molecular flexibility index (Phi) is 4.57. The van der Waals surface area contributed by atoms with E-state index < -0.39 is 0 Å². The van der Waals surface area contributed by atoms with Gasteiger partial charge in [0.1, 0.15) is 5.82 Å². The first kappa shape index (κ1) is 15.2. The van der Waals surface area contributed by atoms with Crippen molar-refractivity contribution in [2.24, 2.45) is 5.92 Å². The summed E-state index contributed by atoms with van der Waals surface area (Å²) in [6, 6.07) is 5.64.